The predicted molar refractivity (Wildman–Crippen MR) is 58.2 cm³/mol. The van der Waals surface area contributed by atoms with Gasteiger partial charge in [-0.25, -0.2) is 0 Å². The van der Waals surface area contributed by atoms with Crippen LogP contribution >= 0.6 is 12.6 Å². The first-order valence-corrected chi connectivity index (χ1v) is 5.56. The Kier molecular flexibility index (Phi) is 8.30. The summed E-state index contributed by atoms with van der Waals surface area (Å²) in [6.07, 6.45) is 4.49. The van der Waals surface area contributed by atoms with Crippen LogP contribution in [-0.2, 0) is 9.53 Å². The van der Waals surface area contributed by atoms with Crippen molar-refractivity contribution in [3.8, 4) is 0 Å². The standard InChI is InChI=1S/C10H20O2S/c1-3-5-9(13)7-8-12-10(11)6-4-2/h9,13H,3-8H2,1-2H3/t9-/m1/s1. The summed E-state index contributed by atoms with van der Waals surface area (Å²) in [5, 5.41) is 0.374. The van der Waals surface area contributed by atoms with Crippen molar-refractivity contribution in [2.24, 2.45) is 0 Å². The Hall–Kier alpha value is -0.180. The van der Waals surface area contributed by atoms with E-state index < -0.39 is 0 Å². The second-order valence-corrected chi connectivity index (χ2v) is 3.93. The molecule has 13 heavy (non-hydrogen) atoms. The molecule has 0 rings (SSSR count). The summed E-state index contributed by atoms with van der Waals surface area (Å²) >= 11 is 4.37. The van der Waals surface area contributed by atoms with Crippen LogP contribution < -0.4 is 0 Å². The fourth-order valence-electron chi connectivity index (χ4n) is 1.06. The lowest BCUT2D eigenvalue weighted by Gasteiger charge is -2.09. The number of rotatable bonds is 7. The maximum atomic E-state index is 10.9. The average molecular weight is 204 g/mol. The number of carbonyl (C=O) groups excluding carboxylic acids is 1. The number of hydrogen-bond donors (Lipinski definition) is 1. The van der Waals surface area contributed by atoms with Crippen molar-refractivity contribution in [2.45, 2.75) is 51.2 Å². The fraction of sp³-hybridized carbons (Fsp3) is 0.900. The number of hydrogen-bond acceptors (Lipinski definition) is 3. The van der Waals surface area contributed by atoms with Crippen LogP contribution in [0.4, 0.5) is 0 Å². The third kappa shape index (κ3) is 8.16. The van der Waals surface area contributed by atoms with Crippen LogP contribution in [0.3, 0.4) is 0 Å². The Morgan fingerprint density at radius 3 is 2.54 bits per heavy atom. The minimum atomic E-state index is -0.0838. The summed E-state index contributed by atoms with van der Waals surface area (Å²) in [6, 6.07) is 0. The van der Waals surface area contributed by atoms with Crippen molar-refractivity contribution in [3.05, 3.63) is 0 Å². The van der Waals surface area contributed by atoms with E-state index in [0.717, 1.165) is 25.7 Å². The lowest BCUT2D eigenvalue weighted by molar-refractivity contribution is -0.143. The highest BCUT2D eigenvalue weighted by atomic mass is 32.1. The zero-order valence-corrected chi connectivity index (χ0v) is 9.48. The molecule has 2 nitrogen and oxygen atoms in total. The fourth-order valence-corrected chi connectivity index (χ4v) is 1.43. The maximum absolute atomic E-state index is 10.9. The summed E-state index contributed by atoms with van der Waals surface area (Å²) in [5.41, 5.74) is 0. The van der Waals surface area contributed by atoms with Crippen molar-refractivity contribution in [1.29, 1.82) is 0 Å². The van der Waals surface area contributed by atoms with Crippen molar-refractivity contribution in [3.63, 3.8) is 0 Å². The third-order valence-electron chi connectivity index (χ3n) is 1.79. The molecule has 0 aromatic carbocycles. The van der Waals surface area contributed by atoms with E-state index in [2.05, 4.69) is 19.6 Å². The van der Waals surface area contributed by atoms with Gasteiger partial charge in [-0.2, -0.15) is 12.6 Å². The molecule has 0 spiro atoms. The molecule has 0 fully saturated rings. The molecule has 3 heteroatoms. The first-order valence-electron chi connectivity index (χ1n) is 5.04. The number of esters is 1. The second-order valence-electron chi connectivity index (χ2n) is 3.20. The molecular weight excluding hydrogens is 184 g/mol. The van der Waals surface area contributed by atoms with Crippen LogP contribution in [-0.4, -0.2) is 17.8 Å². The molecule has 0 aromatic heterocycles. The smallest absolute Gasteiger partial charge is 0.305 e. The SMILES string of the molecule is CCCC(=O)OCC[C@H](S)CCC. The van der Waals surface area contributed by atoms with Crippen LogP contribution in [0.2, 0.25) is 0 Å². The van der Waals surface area contributed by atoms with Gasteiger partial charge >= 0.3 is 5.97 Å². The van der Waals surface area contributed by atoms with Crippen LogP contribution in [0.25, 0.3) is 0 Å². The molecule has 78 valence electrons. The Morgan fingerprint density at radius 2 is 2.00 bits per heavy atom. The highest BCUT2D eigenvalue weighted by molar-refractivity contribution is 7.80. The Bertz CT molecular complexity index is 137. The molecule has 0 saturated heterocycles. The van der Waals surface area contributed by atoms with Crippen molar-refractivity contribution < 1.29 is 9.53 Å². The van der Waals surface area contributed by atoms with Gasteiger partial charge in [0.15, 0.2) is 0 Å². The molecule has 0 bridgehead atoms. The highest BCUT2D eigenvalue weighted by Gasteiger charge is 2.04. The Balaban J connectivity index is 3.28. The van der Waals surface area contributed by atoms with Gasteiger partial charge in [-0.15, -0.1) is 0 Å². The number of ether oxygens (including phenoxy) is 1. The van der Waals surface area contributed by atoms with Crippen molar-refractivity contribution >= 4 is 18.6 Å². The van der Waals surface area contributed by atoms with E-state index in [-0.39, 0.29) is 5.97 Å². The van der Waals surface area contributed by atoms with Crippen molar-refractivity contribution in [2.75, 3.05) is 6.61 Å². The summed E-state index contributed by atoms with van der Waals surface area (Å²) in [5.74, 6) is -0.0838. The molecule has 0 aliphatic carbocycles. The summed E-state index contributed by atoms with van der Waals surface area (Å²) < 4.78 is 5.01. The summed E-state index contributed by atoms with van der Waals surface area (Å²) in [7, 11) is 0. The lowest BCUT2D eigenvalue weighted by atomic mass is 10.2. The van der Waals surface area contributed by atoms with Gasteiger partial charge in [0.2, 0.25) is 0 Å². The van der Waals surface area contributed by atoms with E-state index >= 15 is 0 Å². The minimum Gasteiger partial charge on any atom is -0.466 e. The van der Waals surface area contributed by atoms with Gasteiger partial charge in [-0.3, -0.25) is 4.79 Å². The summed E-state index contributed by atoms with van der Waals surface area (Å²) in [4.78, 5) is 10.9. The van der Waals surface area contributed by atoms with E-state index in [1.165, 1.54) is 0 Å². The average Bonchev–Trinajstić information content (AvgIpc) is 2.05. The van der Waals surface area contributed by atoms with Gasteiger partial charge in [0, 0.05) is 11.7 Å². The molecule has 1 atom stereocenters. The Labute approximate surface area is 86.5 Å². The van der Waals surface area contributed by atoms with E-state index in [1.54, 1.807) is 0 Å². The van der Waals surface area contributed by atoms with Gasteiger partial charge in [-0.1, -0.05) is 20.3 Å². The first kappa shape index (κ1) is 12.8. The largest absolute Gasteiger partial charge is 0.466 e. The monoisotopic (exact) mass is 204 g/mol. The molecule has 0 amide bonds. The van der Waals surface area contributed by atoms with E-state index in [0.29, 0.717) is 18.3 Å². The first-order chi connectivity index (χ1) is 6.20. The van der Waals surface area contributed by atoms with Gasteiger partial charge in [0.1, 0.15) is 0 Å². The summed E-state index contributed by atoms with van der Waals surface area (Å²) in [6.45, 7) is 4.62. The zero-order chi connectivity index (χ0) is 10.1. The molecular formula is C10H20O2S. The van der Waals surface area contributed by atoms with Crippen LogP contribution in [0.5, 0.6) is 0 Å². The van der Waals surface area contributed by atoms with Crippen LogP contribution in [0, 0.1) is 0 Å². The second kappa shape index (κ2) is 8.42. The predicted octanol–water partition coefficient (Wildman–Crippen LogP) is 2.82. The van der Waals surface area contributed by atoms with E-state index in [1.807, 2.05) is 6.92 Å². The molecule has 0 saturated carbocycles. The van der Waals surface area contributed by atoms with Crippen LogP contribution in [0.1, 0.15) is 46.0 Å². The third-order valence-corrected chi connectivity index (χ3v) is 2.31. The van der Waals surface area contributed by atoms with Crippen LogP contribution in [0.15, 0.2) is 0 Å². The molecule has 0 unspecified atom stereocenters. The van der Waals surface area contributed by atoms with E-state index in [9.17, 15) is 4.79 Å². The molecule has 0 N–H and O–H groups in total. The number of thiol groups is 1. The molecule has 0 radical (unpaired) electrons. The topological polar surface area (TPSA) is 26.3 Å². The van der Waals surface area contributed by atoms with Gasteiger partial charge in [0.25, 0.3) is 0 Å². The van der Waals surface area contributed by atoms with Gasteiger partial charge < -0.3 is 4.74 Å². The molecule has 0 heterocycles. The van der Waals surface area contributed by atoms with Gasteiger partial charge in [0.05, 0.1) is 6.61 Å². The van der Waals surface area contributed by atoms with Gasteiger partial charge in [-0.05, 0) is 19.3 Å². The number of carbonyl (C=O) groups is 1. The minimum absolute atomic E-state index is 0.0838. The van der Waals surface area contributed by atoms with Crippen molar-refractivity contribution in [1.82, 2.24) is 0 Å². The zero-order valence-electron chi connectivity index (χ0n) is 8.58. The lowest BCUT2D eigenvalue weighted by Crippen LogP contribution is -2.09. The quantitative estimate of drug-likeness (QED) is 0.510. The maximum Gasteiger partial charge on any atom is 0.305 e. The Morgan fingerprint density at radius 1 is 1.31 bits per heavy atom. The molecule has 0 aliphatic rings. The highest BCUT2D eigenvalue weighted by Crippen LogP contribution is 2.09. The normalized spacial score (nSPS) is 12.5. The molecule has 0 aromatic rings. The van der Waals surface area contributed by atoms with E-state index in [4.69, 9.17) is 4.74 Å². The molecule has 0 aliphatic heterocycles.